The summed E-state index contributed by atoms with van der Waals surface area (Å²) in [5.41, 5.74) is 0. The Kier molecular flexibility index (Phi) is 66.3. The highest BCUT2D eigenvalue weighted by Gasteiger charge is 2.20. The zero-order chi connectivity index (χ0) is 56.9. The Labute approximate surface area is 492 Å². The summed E-state index contributed by atoms with van der Waals surface area (Å²) < 4.78 is 0. The molecular weight excluding hydrogens is 963 g/mol. The maximum Gasteiger partial charge on any atom is 0.220 e. The van der Waals surface area contributed by atoms with Gasteiger partial charge >= 0.3 is 0 Å². The molecule has 0 saturated heterocycles. The molecule has 3 N–H and O–H groups in total. The molecule has 0 aromatic heterocycles. The second-order valence-corrected chi connectivity index (χ2v) is 22.9. The van der Waals surface area contributed by atoms with Crippen LogP contribution >= 0.6 is 0 Å². The predicted octanol–water partition coefficient (Wildman–Crippen LogP) is 23.5. The van der Waals surface area contributed by atoms with E-state index in [1.807, 2.05) is 0 Å². The first kappa shape index (κ1) is 75.8. The molecule has 0 aliphatic carbocycles. The van der Waals surface area contributed by atoms with E-state index in [4.69, 9.17) is 0 Å². The molecule has 0 radical (unpaired) electrons. The maximum absolute atomic E-state index is 12.6. The van der Waals surface area contributed by atoms with Crippen LogP contribution in [-0.2, 0) is 4.79 Å². The van der Waals surface area contributed by atoms with Gasteiger partial charge in [0.15, 0.2) is 0 Å². The first-order valence-corrected chi connectivity index (χ1v) is 34.2. The monoisotopic (exact) mass is 1090 g/mol. The van der Waals surface area contributed by atoms with Gasteiger partial charge < -0.3 is 15.5 Å². The van der Waals surface area contributed by atoms with Crippen molar-refractivity contribution in [2.24, 2.45) is 0 Å². The summed E-state index contributed by atoms with van der Waals surface area (Å²) >= 11 is 0. The van der Waals surface area contributed by atoms with Crippen molar-refractivity contribution in [2.45, 2.75) is 341 Å². The van der Waals surface area contributed by atoms with Crippen LogP contribution < -0.4 is 5.32 Å². The van der Waals surface area contributed by atoms with Crippen LogP contribution in [0, 0.1) is 0 Å². The molecule has 0 aromatic rings. The van der Waals surface area contributed by atoms with E-state index in [2.05, 4.69) is 141 Å². The van der Waals surface area contributed by atoms with E-state index >= 15 is 0 Å². The highest BCUT2D eigenvalue weighted by Crippen LogP contribution is 2.18. The van der Waals surface area contributed by atoms with Gasteiger partial charge in [0.25, 0.3) is 0 Å². The lowest BCUT2D eigenvalue weighted by molar-refractivity contribution is -0.123. The van der Waals surface area contributed by atoms with Crippen molar-refractivity contribution in [3.63, 3.8) is 0 Å². The second kappa shape index (κ2) is 69.1. The van der Waals surface area contributed by atoms with Gasteiger partial charge in [-0.15, -0.1) is 0 Å². The van der Waals surface area contributed by atoms with Crippen LogP contribution in [0.25, 0.3) is 0 Å². The highest BCUT2D eigenvalue weighted by molar-refractivity contribution is 5.76. The van der Waals surface area contributed by atoms with Gasteiger partial charge in [0.1, 0.15) is 0 Å². The summed E-state index contributed by atoms with van der Waals surface area (Å²) in [6.45, 7) is 4.26. The van der Waals surface area contributed by atoms with E-state index in [-0.39, 0.29) is 12.5 Å². The number of rotatable bonds is 62. The first-order chi connectivity index (χ1) is 39.2. The summed E-state index contributed by atoms with van der Waals surface area (Å²) in [6, 6.07) is -0.551. The van der Waals surface area contributed by atoms with E-state index < -0.39 is 12.1 Å². The number of nitrogens with one attached hydrogen (secondary N) is 1. The van der Waals surface area contributed by atoms with Gasteiger partial charge in [0, 0.05) is 6.42 Å². The normalized spacial score (nSPS) is 13.5. The van der Waals surface area contributed by atoms with Crippen molar-refractivity contribution in [1.29, 1.82) is 0 Å². The average Bonchev–Trinajstić information content (AvgIpc) is 3.45. The van der Waals surface area contributed by atoms with Crippen LogP contribution in [-0.4, -0.2) is 34.9 Å². The predicted molar refractivity (Wildman–Crippen MR) is 354 cm³/mol. The SMILES string of the molecule is CC/C=C\C/C=C\C/C=C\C/C=C\C/C=C\C/C=C\C/C=C\C/C=C\C/C=C\C/C=C\CCCCCCCCCCC(=O)NC(CO)C(O)CCCCCCCCCCCCCCCCCCCCCCCCCCCCCC. The van der Waals surface area contributed by atoms with Gasteiger partial charge in [-0.2, -0.15) is 0 Å². The molecule has 0 aromatic carbocycles. The molecule has 0 fully saturated rings. The average molecular weight is 1090 g/mol. The summed E-state index contributed by atoms with van der Waals surface area (Å²) in [5, 5.41) is 23.5. The molecule has 0 rings (SSSR count). The Morgan fingerprint density at radius 1 is 0.316 bits per heavy atom. The van der Waals surface area contributed by atoms with Gasteiger partial charge in [-0.25, -0.2) is 0 Å². The third-order valence-electron chi connectivity index (χ3n) is 15.2. The molecule has 0 aliphatic heterocycles. The topological polar surface area (TPSA) is 69.6 Å². The minimum atomic E-state index is -0.673. The van der Waals surface area contributed by atoms with Crippen molar-refractivity contribution in [3.8, 4) is 0 Å². The van der Waals surface area contributed by atoms with Crippen molar-refractivity contribution in [1.82, 2.24) is 5.32 Å². The number of amides is 1. The smallest absolute Gasteiger partial charge is 0.220 e. The van der Waals surface area contributed by atoms with Gasteiger partial charge in [-0.05, 0) is 89.9 Å². The van der Waals surface area contributed by atoms with Crippen molar-refractivity contribution < 1.29 is 15.0 Å². The number of carbonyl (C=O) groups excluding carboxylic acids is 1. The molecule has 454 valence electrons. The van der Waals surface area contributed by atoms with E-state index in [0.29, 0.717) is 12.8 Å². The van der Waals surface area contributed by atoms with Crippen LogP contribution in [0.2, 0.25) is 0 Å². The van der Waals surface area contributed by atoms with Gasteiger partial charge in [0.05, 0.1) is 18.8 Å². The van der Waals surface area contributed by atoms with Gasteiger partial charge in [0.2, 0.25) is 5.91 Å². The molecule has 0 saturated carbocycles. The van der Waals surface area contributed by atoms with Crippen molar-refractivity contribution >= 4 is 5.91 Å². The third kappa shape index (κ3) is 65.5. The first-order valence-electron chi connectivity index (χ1n) is 34.2. The zero-order valence-corrected chi connectivity index (χ0v) is 52.4. The van der Waals surface area contributed by atoms with Crippen molar-refractivity contribution in [2.75, 3.05) is 6.61 Å². The number of allylic oxidation sites excluding steroid dienone is 20. The Bertz CT molecular complexity index is 1520. The quantitative estimate of drug-likeness (QED) is 0.0420. The van der Waals surface area contributed by atoms with Crippen LogP contribution in [0.3, 0.4) is 0 Å². The molecule has 0 spiro atoms. The molecule has 0 heterocycles. The number of unbranched alkanes of at least 4 members (excludes halogenated alkanes) is 35. The summed E-state index contributed by atoms with van der Waals surface area (Å²) in [4.78, 5) is 12.6. The van der Waals surface area contributed by atoms with Gasteiger partial charge in [-0.3, -0.25) is 4.79 Å². The van der Waals surface area contributed by atoms with Crippen LogP contribution in [0.5, 0.6) is 0 Å². The van der Waals surface area contributed by atoms with Gasteiger partial charge in [-0.1, -0.05) is 354 Å². The number of aliphatic hydroxyl groups is 2. The molecule has 4 nitrogen and oxygen atoms in total. The fourth-order valence-electron chi connectivity index (χ4n) is 10.1. The Balaban J connectivity index is 3.55. The molecule has 1 amide bonds. The number of aliphatic hydroxyl groups excluding tert-OH is 2. The van der Waals surface area contributed by atoms with E-state index in [0.717, 1.165) is 96.3 Å². The molecule has 4 heteroatoms. The van der Waals surface area contributed by atoms with E-state index in [9.17, 15) is 15.0 Å². The molecule has 79 heavy (non-hydrogen) atoms. The van der Waals surface area contributed by atoms with Crippen LogP contribution in [0.1, 0.15) is 328 Å². The lowest BCUT2D eigenvalue weighted by atomic mass is 10.0. The largest absolute Gasteiger partial charge is 0.394 e. The fourth-order valence-corrected chi connectivity index (χ4v) is 10.1. The zero-order valence-electron chi connectivity index (χ0n) is 52.4. The third-order valence-corrected chi connectivity index (χ3v) is 15.2. The molecular formula is C75H131NO3. The number of hydrogen-bond acceptors (Lipinski definition) is 3. The Morgan fingerprint density at radius 2 is 0.557 bits per heavy atom. The number of carbonyl (C=O) groups is 1. The molecule has 2 atom stereocenters. The number of hydrogen-bond donors (Lipinski definition) is 3. The Hall–Kier alpha value is -3.21. The summed E-state index contributed by atoms with van der Waals surface area (Å²) in [7, 11) is 0. The maximum atomic E-state index is 12.6. The van der Waals surface area contributed by atoms with E-state index in [1.54, 1.807) is 0 Å². The highest BCUT2D eigenvalue weighted by atomic mass is 16.3. The minimum Gasteiger partial charge on any atom is -0.394 e. The summed E-state index contributed by atoms with van der Waals surface area (Å²) in [5.74, 6) is -0.0405. The molecule has 2 unspecified atom stereocenters. The summed E-state index contributed by atoms with van der Waals surface area (Å²) in [6.07, 6.45) is 105. The van der Waals surface area contributed by atoms with Crippen molar-refractivity contribution in [3.05, 3.63) is 122 Å². The minimum absolute atomic E-state index is 0.0405. The Morgan fingerprint density at radius 3 is 0.835 bits per heavy atom. The lowest BCUT2D eigenvalue weighted by Crippen LogP contribution is -2.45. The second-order valence-electron chi connectivity index (χ2n) is 22.9. The fraction of sp³-hybridized carbons (Fsp3) is 0.720. The molecule has 0 bridgehead atoms. The molecule has 0 aliphatic rings. The van der Waals surface area contributed by atoms with Crippen LogP contribution in [0.15, 0.2) is 122 Å². The standard InChI is InChI=1S/C75H131NO3/c1-3-5-7-9-11-13-15-17-19-21-23-25-27-29-31-33-34-35-36-37-38-39-40-41-42-43-45-47-49-51-53-55-57-59-61-63-65-67-69-71-75(79)76-73(72-77)74(78)70-68-66-64-62-60-58-56-54-52-50-48-46-44-32-30-28-26-24-22-20-18-16-14-12-10-8-6-4-2/h5,7,11,13,17,19,23,25,29,31,34-35,37-38,40-41,43,45,49,51,73-74,77-78H,3-4,6,8-10,12,14-16,18,20-22,24,26-28,30,32-33,36,39,42,44,46-48,50,52-72H2,1-2H3,(H,76,79)/b7-5-,13-11-,19-17-,25-23-,31-29-,35-34-,38-37-,41-40-,45-43-,51-49-. The van der Waals surface area contributed by atoms with Crippen LogP contribution in [0.4, 0.5) is 0 Å². The lowest BCUT2D eigenvalue weighted by Gasteiger charge is -2.22. The van der Waals surface area contributed by atoms with E-state index in [1.165, 1.54) is 205 Å².